The number of nitrogens with two attached hydrogens (primary N) is 2. The number of urea groups is 1. The summed E-state index contributed by atoms with van der Waals surface area (Å²) in [7, 11) is 0. The summed E-state index contributed by atoms with van der Waals surface area (Å²) in [6.07, 6.45) is 0. The highest BCUT2D eigenvalue weighted by Crippen LogP contribution is 1.70. The Hall–Kier alpha value is -0.480. The van der Waals surface area contributed by atoms with Crippen LogP contribution in [-0.4, -0.2) is 17.6 Å². The third kappa shape index (κ3) is 3.70. The summed E-state index contributed by atoms with van der Waals surface area (Å²) in [6.45, 7) is 2.19. The predicted octanol–water partition coefficient (Wildman–Crippen LogP) is -0.318. The fraction of sp³-hybridized carbons (Fsp3) is 0.667. The van der Waals surface area contributed by atoms with E-state index < -0.39 is 6.03 Å². The summed E-state index contributed by atoms with van der Waals surface area (Å²) < 4.78 is 0. The Labute approximate surface area is 54.2 Å². The highest BCUT2D eigenvalue weighted by Gasteiger charge is 1.95. The maximum Gasteiger partial charge on any atom is 0.328 e. The van der Waals surface area contributed by atoms with Crippen LogP contribution in [0, 0.1) is 0 Å². The predicted molar refractivity (Wildman–Crippen MR) is 33.4 cm³/mol. The minimum Gasteiger partial charge on any atom is -0.350 e. The zero-order valence-corrected chi connectivity index (χ0v) is 5.44. The van der Waals surface area contributed by atoms with E-state index in [-0.39, 0.29) is 12.4 Å². The first-order valence-electron chi connectivity index (χ1n) is 2.00. The molecule has 0 spiro atoms. The van der Waals surface area contributed by atoms with Crippen LogP contribution in [-0.2, 0) is 0 Å². The summed E-state index contributed by atoms with van der Waals surface area (Å²) in [5.41, 5.74) is 4.71. The molecule has 0 aromatic heterocycles. The van der Waals surface area contributed by atoms with Crippen molar-refractivity contribution in [2.45, 2.75) is 6.92 Å². The van der Waals surface area contributed by atoms with Crippen molar-refractivity contribution in [1.82, 2.24) is 5.01 Å². The SMILES string of the molecule is CCN(N)C(N)=O.Cl. The number of hydrazine groups is 1. The van der Waals surface area contributed by atoms with Crippen LogP contribution in [0.3, 0.4) is 0 Å². The van der Waals surface area contributed by atoms with Gasteiger partial charge in [-0.3, -0.25) is 5.01 Å². The monoisotopic (exact) mass is 139 g/mol. The van der Waals surface area contributed by atoms with Gasteiger partial charge in [0.15, 0.2) is 0 Å². The van der Waals surface area contributed by atoms with Gasteiger partial charge >= 0.3 is 6.03 Å². The minimum absolute atomic E-state index is 0. The van der Waals surface area contributed by atoms with Crippen molar-refractivity contribution in [1.29, 1.82) is 0 Å². The Kier molecular flexibility index (Phi) is 6.13. The standard InChI is InChI=1S/C3H9N3O.ClH/c1-2-6(5)3(4)7;/h2,5H2,1H3,(H2,4,7);1H. The zero-order valence-electron chi connectivity index (χ0n) is 4.63. The van der Waals surface area contributed by atoms with Crippen molar-refractivity contribution < 1.29 is 4.79 Å². The van der Waals surface area contributed by atoms with Crippen LogP contribution in [0.4, 0.5) is 4.79 Å². The second kappa shape index (κ2) is 4.67. The van der Waals surface area contributed by atoms with Crippen LogP contribution in [0.2, 0.25) is 0 Å². The molecule has 0 unspecified atom stereocenters. The van der Waals surface area contributed by atoms with Gasteiger partial charge in [0, 0.05) is 6.54 Å². The lowest BCUT2D eigenvalue weighted by atomic mass is 10.7. The minimum atomic E-state index is -0.595. The molecule has 50 valence electrons. The van der Waals surface area contributed by atoms with Crippen molar-refractivity contribution in [3.63, 3.8) is 0 Å². The fourth-order valence-electron chi connectivity index (χ4n) is 0.156. The summed E-state index contributed by atoms with van der Waals surface area (Å²) in [4.78, 5) is 9.95. The number of hydrogen-bond donors (Lipinski definition) is 2. The molecule has 0 bridgehead atoms. The second-order valence-electron chi connectivity index (χ2n) is 1.12. The van der Waals surface area contributed by atoms with E-state index in [0.29, 0.717) is 6.54 Å². The molecule has 0 atom stereocenters. The largest absolute Gasteiger partial charge is 0.350 e. The smallest absolute Gasteiger partial charge is 0.328 e. The fourth-order valence-corrected chi connectivity index (χ4v) is 0.156. The van der Waals surface area contributed by atoms with Crippen molar-refractivity contribution in [3.05, 3.63) is 0 Å². The Morgan fingerprint density at radius 1 is 1.75 bits per heavy atom. The van der Waals surface area contributed by atoms with Gasteiger partial charge in [0.1, 0.15) is 0 Å². The van der Waals surface area contributed by atoms with Crippen LogP contribution < -0.4 is 11.6 Å². The average molecular weight is 140 g/mol. The normalized spacial score (nSPS) is 7.25. The van der Waals surface area contributed by atoms with Gasteiger partial charge in [-0.15, -0.1) is 12.4 Å². The Morgan fingerprint density at radius 2 is 2.12 bits per heavy atom. The van der Waals surface area contributed by atoms with Gasteiger partial charge in [0.2, 0.25) is 0 Å². The third-order valence-electron chi connectivity index (χ3n) is 0.624. The number of rotatable bonds is 1. The molecule has 4 nitrogen and oxygen atoms in total. The molecule has 0 radical (unpaired) electrons. The lowest BCUT2D eigenvalue weighted by molar-refractivity contribution is 0.211. The van der Waals surface area contributed by atoms with Gasteiger partial charge in [-0.25, -0.2) is 10.6 Å². The van der Waals surface area contributed by atoms with Crippen molar-refractivity contribution in [3.8, 4) is 0 Å². The second-order valence-corrected chi connectivity index (χ2v) is 1.12. The van der Waals surface area contributed by atoms with E-state index in [1.165, 1.54) is 0 Å². The number of nitrogens with zero attached hydrogens (tertiary/aromatic N) is 1. The quantitative estimate of drug-likeness (QED) is 0.297. The molecule has 0 fully saturated rings. The summed E-state index contributed by atoms with van der Waals surface area (Å²) in [6, 6.07) is -0.595. The summed E-state index contributed by atoms with van der Waals surface area (Å²) in [5, 5.41) is 0.931. The van der Waals surface area contributed by atoms with Gasteiger partial charge in [-0.05, 0) is 6.92 Å². The van der Waals surface area contributed by atoms with Crippen molar-refractivity contribution >= 4 is 18.4 Å². The number of halogens is 1. The number of primary amides is 1. The molecule has 0 aliphatic rings. The number of carbonyl (C=O) groups is 1. The summed E-state index contributed by atoms with van der Waals surface area (Å²) in [5.74, 6) is 4.97. The number of amides is 2. The Morgan fingerprint density at radius 3 is 2.12 bits per heavy atom. The van der Waals surface area contributed by atoms with Crippen molar-refractivity contribution in [2.24, 2.45) is 11.6 Å². The third-order valence-corrected chi connectivity index (χ3v) is 0.624. The number of hydrogen-bond acceptors (Lipinski definition) is 2. The highest BCUT2D eigenvalue weighted by atomic mass is 35.5. The van der Waals surface area contributed by atoms with Gasteiger partial charge < -0.3 is 5.73 Å². The van der Waals surface area contributed by atoms with E-state index in [2.05, 4.69) is 0 Å². The molecule has 5 heteroatoms. The molecule has 0 saturated heterocycles. The van der Waals surface area contributed by atoms with Crippen LogP contribution >= 0.6 is 12.4 Å². The van der Waals surface area contributed by atoms with Crippen LogP contribution in [0.25, 0.3) is 0 Å². The maximum absolute atomic E-state index is 9.95. The lowest BCUT2D eigenvalue weighted by Gasteiger charge is -2.07. The molecule has 0 rings (SSSR count). The molecular weight excluding hydrogens is 130 g/mol. The van der Waals surface area contributed by atoms with Gasteiger partial charge in [0.05, 0.1) is 0 Å². The molecule has 2 amide bonds. The molecule has 0 aromatic carbocycles. The van der Waals surface area contributed by atoms with Crippen LogP contribution in [0.5, 0.6) is 0 Å². The highest BCUT2D eigenvalue weighted by molar-refractivity contribution is 5.85. The van der Waals surface area contributed by atoms with E-state index >= 15 is 0 Å². The van der Waals surface area contributed by atoms with E-state index in [1.54, 1.807) is 6.92 Å². The van der Waals surface area contributed by atoms with Gasteiger partial charge in [-0.1, -0.05) is 0 Å². The molecule has 4 N–H and O–H groups in total. The first-order valence-corrected chi connectivity index (χ1v) is 2.00. The molecular formula is C3H10ClN3O. The molecule has 0 saturated carbocycles. The molecule has 8 heavy (non-hydrogen) atoms. The van der Waals surface area contributed by atoms with Crippen molar-refractivity contribution in [2.75, 3.05) is 6.54 Å². The number of carbonyl (C=O) groups excluding carboxylic acids is 1. The molecule has 0 heterocycles. The van der Waals surface area contributed by atoms with E-state index in [4.69, 9.17) is 11.6 Å². The Bertz CT molecular complexity index is 76.9. The Balaban J connectivity index is 0. The van der Waals surface area contributed by atoms with Crippen LogP contribution in [0.15, 0.2) is 0 Å². The molecule has 0 aliphatic carbocycles. The zero-order chi connectivity index (χ0) is 5.86. The van der Waals surface area contributed by atoms with E-state index in [9.17, 15) is 4.79 Å². The molecule has 0 aromatic rings. The first kappa shape index (κ1) is 10.5. The van der Waals surface area contributed by atoms with Gasteiger partial charge in [-0.2, -0.15) is 0 Å². The summed E-state index contributed by atoms with van der Waals surface area (Å²) >= 11 is 0. The lowest BCUT2D eigenvalue weighted by Crippen LogP contribution is -2.40. The first-order chi connectivity index (χ1) is 3.18. The van der Waals surface area contributed by atoms with E-state index in [0.717, 1.165) is 5.01 Å². The van der Waals surface area contributed by atoms with Crippen LogP contribution in [0.1, 0.15) is 6.92 Å². The maximum atomic E-state index is 9.95. The average Bonchev–Trinajstić information content (AvgIpc) is 1.65. The van der Waals surface area contributed by atoms with E-state index in [1.807, 2.05) is 0 Å². The molecule has 0 aliphatic heterocycles. The topological polar surface area (TPSA) is 72.3 Å². The van der Waals surface area contributed by atoms with Gasteiger partial charge in [0.25, 0.3) is 0 Å².